The summed E-state index contributed by atoms with van der Waals surface area (Å²) < 4.78 is 0.761. The molecule has 0 aliphatic carbocycles. The van der Waals surface area contributed by atoms with Crippen molar-refractivity contribution < 1.29 is 4.79 Å². The van der Waals surface area contributed by atoms with E-state index in [1.165, 1.54) is 6.92 Å². The second-order valence-corrected chi connectivity index (χ2v) is 4.77. The van der Waals surface area contributed by atoms with E-state index in [1.54, 1.807) is 30.3 Å². The van der Waals surface area contributed by atoms with Gasteiger partial charge in [0.1, 0.15) is 23.9 Å². The van der Waals surface area contributed by atoms with Gasteiger partial charge in [0.05, 0.1) is 5.69 Å². The Kier molecular flexibility index (Phi) is 5.03. The lowest BCUT2D eigenvalue weighted by Crippen LogP contribution is -2.06. The molecule has 0 atom stereocenters. The van der Waals surface area contributed by atoms with Crippen LogP contribution >= 0.6 is 15.9 Å². The van der Waals surface area contributed by atoms with Crippen molar-refractivity contribution in [3.8, 4) is 18.2 Å². The number of anilines is 1. The van der Waals surface area contributed by atoms with Gasteiger partial charge in [0.25, 0.3) is 0 Å². The maximum Gasteiger partial charge on any atom is 0.163 e. The van der Waals surface area contributed by atoms with Crippen LogP contribution in [0.3, 0.4) is 0 Å². The second kappa shape index (κ2) is 6.52. The number of Topliss-reactive ketones (excluding diaryl/α,β-unsaturated/α-hetero) is 1. The van der Waals surface area contributed by atoms with Gasteiger partial charge in [-0.1, -0.05) is 15.9 Å². The molecule has 0 heterocycles. The highest BCUT2D eigenvalue weighted by Gasteiger charge is 2.13. The molecular weight excluding hydrogens is 320 g/mol. The summed E-state index contributed by atoms with van der Waals surface area (Å²) in [5.74, 6) is -0.194. The molecule has 1 N–H and O–H groups in total. The minimum atomic E-state index is -0.331. The number of hydrogen-bond acceptors (Lipinski definition) is 5. The number of rotatable bonds is 3. The van der Waals surface area contributed by atoms with E-state index in [1.807, 2.05) is 6.92 Å². The topological polar surface area (TPSA) is 100 Å². The predicted molar refractivity (Wildman–Crippen MR) is 76.4 cm³/mol. The van der Waals surface area contributed by atoms with Crippen molar-refractivity contribution in [2.45, 2.75) is 13.8 Å². The van der Waals surface area contributed by atoms with Crippen LogP contribution in [-0.2, 0) is 0 Å². The molecule has 20 heavy (non-hydrogen) atoms. The van der Waals surface area contributed by atoms with Gasteiger partial charge in [0.2, 0.25) is 0 Å². The third-order valence-corrected chi connectivity index (χ3v) is 3.38. The first-order valence-electron chi connectivity index (χ1n) is 5.47. The van der Waals surface area contributed by atoms with Crippen molar-refractivity contribution in [1.82, 2.24) is 0 Å². The molecule has 0 aliphatic heterocycles. The summed E-state index contributed by atoms with van der Waals surface area (Å²) in [6.45, 7) is 3.22. The molecule has 5 nitrogen and oxygen atoms in total. The molecule has 0 fully saturated rings. The Morgan fingerprint density at radius 3 is 2.25 bits per heavy atom. The molecular formula is C14H9BrN4O. The average molecular weight is 329 g/mol. The molecule has 0 saturated carbocycles. The third-order valence-electron chi connectivity index (χ3n) is 2.52. The van der Waals surface area contributed by atoms with Crippen LogP contribution in [0.25, 0.3) is 0 Å². The summed E-state index contributed by atoms with van der Waals surface area (Å²) in [5.41, 5.74) is 1.09. The molecule has 0 aromatic heterocycles. The SMILES string of the molecule is CC(=O)c1cc(Br)c(C)cc1NC(C#N)=C(C#N)C#N. The number of benzene rings is 1. The molecule has 0 spiro atoms. The lowest BCUT2D eigenvalue weighted by atomic mass is 10.1. The molecule has 0 unspecified atom stereocenters. The molecule has 6 heteroatoms. The summed E-state index contributed by atoms with van der Waals surface area (Å²) in [6, 6.07) is 8.33. The zero-order chi connectivity index (χ0) is 15.3. The highest BCUT2D eigenvalue weighted by atomic mass is 79.9. The molecule has 0 radical (unpaired) electrons. The Morgan fingerprint density at radius 1 is 1.20 bits per heavy atom. The van der Waals surface area contributed by atoms with Crippen LogP contribution in [0.2, 0.25) is 0 Å². The summed E-state index contributed by atoms with van der Waals surface area (Å²) in [4.78, 5) is 11.6. The van der Waals surface area contributed by atoms with E-state index >= 15 is 0 Å². The maximum atomic E-state index is 11.6. The second-order valence-electron chi connectivity index (χ2n) is 3.91. The van der Waals surface area contributed by atoms with Crippen LogP contribution in [0.5, 0.6) is 0 Å². The van der Waals surface area contributed by atoms with Crippen LogP contribution in [0.1, 0.15) is 22.8 Å². The number of carbonyl (C=O) groups is 1. The molecule has 0 saturated heterocycles. The van der Waals surface area contributed by atoms with E-state index in [2.05, 4.69) is 21.2 Å². The molecule has 98 valence electrons. The van der Waals surface area contributed by atoms with Gasteiger partial charge in [-0.15, -0.1) is 0 Å². The monoisotopic (exact) mass is 328 g/mol. The highest BCUT2D eigenvalue weighted by molar-refractivity contribution is 9.10. The molecule has 0 aliphatic rings. The summed E-state index contributed by atoms with van der Waals surface area (Å²) in [7, 11) is 0. The van der Waals surface area contributed by atoms with Gasteiger partial charge in [-0.05, 0) is 31.5 Å². The first kappa shape index (κ1) is 15.4. The van der Waals surface area contributed by atoms with Crippen LogP contribution in [0, 0.1) is 40.9 Å². The number of nitrogens with one attached hydrogen (secondary N) is 1. The van der Waals surface area contributed by atoms with E-state index in [0.29, 0.717) is 11.3 Å². The van der Waals surface area contributed by atoms with Crippen molar-refractivity contribution in [3.63, 3.8) is 0 Å². The van der Waals surface area contributed by atoms with Crippen molar-refractivity contribution in [2.75, 3.05) is 5.32 Å². The van der Waals surface area contributed by atoms with Gasteiger partial charge < -0.3 is 5.32 Å². The van der Waals surface area contributed by atoms with E-state index in [0.717, 1.165) is 10.0 Å². The van der Waals surface area contributed by atoms with Crippen LogP contribution in [0.4, 0.5) is 5.69 Å². The number of ketones is 1. The van der Waals surface area contributed by atoms with Crippen molar-refractivity contribution in [1.29, 1.82) is 15.8 Å². The van der Waals surface area contributed by atoms with Crippen LogP contribution in [-0.4, -0.2) is 5.78 Å². The maximum absolute atomic E-state index is 11.6. The summed E-state index contributed by atoms with van der Waals surface area (Å²) in [5, 5.41) is 29.3. The van der Waals surface area contributed by atoms with Crippen molar-refractivity contribution in [3.05, 3.63) is 39.0 Å². The van der Waals surface area contributed by atoms with Crippen LogP contribution < -0.4 is 5.32 Å². The first-order chi connectivity index (χ1) is 9.44. The van der Waals surface area contributed by atoms with E-state index in [-0.39, 0.29) is 17.1 Å². The van der Waals surface area contributed by atoms with E-state index < -0.39 is 0 Å². The summed E-state index contributed by atoms with van der Waals surface area (Å²) in [6.07, 6.45) is 0. The van der Waals surface area contributed by atoms with E-state index in [4.69, 9.17) is 15.8 Å². The Labute approximate surface area is 124 Å². The number of carbonyl (C=O) groups excluding carboxylic acids is 1. The number of nitriles is 3. The number of halogens is 1. The Hall–Kier alpha value is -2.62. The van der Waals surface area contributed by atoms with Gasteiger partial charge in [0.15, 0.2) is 11.4 Å². The minimum Gasteiger partial charge on any atom is -0.345 e. The van der Waals surface area contributed by atoms with Gasteiger partial charge in [-0.3, -0.25) is 4.79 Å². The Balaban J connectivity index is 3.43. The molecule has 1 aromatic rings. The number of aryl methyl sites for hydroxylation is 1. The fraction of sp³-hybridized carbons (Fsp3) is 0.143. The van der Waals surface area contributed by atoms with Crippen molar-refractivity contribution >= 4 is 27.4 Å². The first-order valence-corrected chi connectivity index (χ1v) is 6.26. The zero-order valence-electron chi connectivity index (χ0n) is 10.8. The normalized spacial score (nSPS) is 8.80. The zero-order valence-corrected chi connectivity index (χ0v) is 12.4. The van der Waals surface area contributed by atoms with Gasteiger partial charge in [0, 0.05) is 10.0 Å². The number of hydrogen-bond donors (Lipinski definition) is 1. The standard InChI is InChI=1S/C14H9BrN4O/c1-8-3-13(11(9(2)20)4-12(8)15)19-14(7-18)10(5-16)6-17/h3-4,19H,1-2H3. The fourth-order valence-electron chi connectivity index (χ4n) is 1.49. The van der Waals surface area contributed by atoms with E-state index in [9.17, 15) is 4.79 Å². The quantitative estimate of drug-likeness (QED) is 0.678. The Bertz CT molecular complexity index is 713. The largest absolute Gasteiger partial charge is 0.345 e. The van der Waals surface area contributed by atoms with Gasteiger partial charge in [-0.25, -0.2) is 0 Å². The van der Waals surface area contributed by atoms with Gasteiger partial charge in [-0.2, -0.15) is 15.8 Å². The third kappa shape index (κ3) is 3.23. The van der Waals surface area contributed by atoms with Crippen LogP contribution in [0.15, 0.2) is 27.9 Å². The fourth-order valence-corrected chi connectivity index (χ4v) is 1.84. The highest BCUT2D eigenvalue weighted by Crippen LogP contribution is 2.27. The lowest BCUT2D eigenvalue weighted by Gasteiger charge is -2.11. The lowest BCUT2D eigenvalue weighted by molar-refractivity contribution is 0.101. The van der Waals surface area contributed by atoms with Crippen molar-refractivity contribution in [2.24, 2.45) is 0 Å². The summed E-state index contributed by atoms with van der Waals surface area (Å²) >= 11 is 3.33. The molecule has 1 rings (SSSR count). The molecule has 0 bridgehead atoms. The Morgan fingerprint density at radius 2 is 1.80 bits per heavy atom. The predicted octanol–water partition coefficient (Wildman–Crippen LogP) is 3.20. The number of allylic oxidation sites excluding steroid dienone is 2. The minimum absolute atomic E-state index is 0.181. The molecule has 0 amide bonds. The molecule has 1 aromatic carbocycles. The average Bonchev–Trinajstić information content (AvgIpc) is 2.42. The van der Waals surface area contributed by atoms with Gasteiger partial charge >= 0.3 is 0 Å². The smallest absolute Gasteiger partial charge is 0.163 e. The number of nitrogens with zero attached hydrogens (tertiary/aromatic N) is 3.